The van der Waals surface area contributed by atoms with E-state index in [2.05, 4.69) is 25.3 Å². The molecule has 162 valence electrons. The Labute approximate surface area is 180 Å². The molecule has 1 aromatic carbocycles. The predicted molar refractivity (Wildman–Crippen MR) is 116 cm³/mol. The van der Waals surface area contributed by atoms with Crippen LogP contribution in [0.25, 0.3) is 5.78 Å². The first-order valence-corrected chi connectivity index (χ1v) is 10.5. The standard InChI is InChI=1S/C22H26N6O3/c1-15-13-16(2)28-22(23-15)25-20(26-28)21(30)31-14-19(29)24-17-7-9-18(10-8-17)27-11-5-3-4-6-12-27/h7-10,13H,3-6,11-12,14H2,1-2H3,(H,24,29). The molecule has 0 radical (unpaired) electrons. The van der Waals surface area contributed by atoms with Gasteiger partial charge in [-0.25, -0.2) is 14.3 Å². The maximum atomic E-state index is 12.2. The van der Waals surface area contributed by atoms with Crippen molar-refractivity contribution in [1.82, 2.24) is 19.6 Å². The number of carbonyl (C=O) groups excluding carboxylic acids is 2. The molecule has 0 saturated carbocycles. The van der Waals surface area contributed by atoms with Gasteiger partial charge in [0.15, 0.2) is 6.61 Å². The van der Waals surface area contributed by atoms with Gasteiger partial charge in [0.1, 0.15) is 0 Å². The van der Waals surface area contributed by atoms with E-state index in [9.17, 15) is 9.59 Å². The summed E-state index contributed by atoms with van der Waals surface area (Å²) >= 11 is 0. The molecule has 0 spiro atoms. The molecule has 1 N–H and O–H groups in total. The maximum absolute atomic E-state index is 12.2. The lowest BCUT2D eigenvalue weighted by Crippen LogP contribution is -2.24. The fourth-order valence-corrected chi connectivity index (χ4v) is 3.73. The number of benzene rings is 1. The lowest BCUT2D eigenvalue weighted by Gasteiger charge is -2.22. The van der Waals surface area contributed by atoms with Gasteiger partial charge in [-0.3, -0.25) is 4.79 Å². The highest BCUT2D eigenvalue weighted by Crippen LogP contribution is 2.21. The molecular formula is C22H26N6O3. The van der Waals surface area contributed by atoms with Gasteiger partial charge in [0, 0.05) is 35.9 Å². The van der Waals surface area contributed by atoms with Gasteiger partial charge >= 0.3 is 5.97 Å². The molecule has 2 aromatic heterocycles. The number of rotatable bonds is 5. The first kappa shape index (κ1) is 20.8. The summed E-state index contributed by atoms with van der Waals surface area (Å²) in [4.78, 5) is 35.1. The Morgan fingerprint density at radius 2 is 1.74 bits per heavy atom. The number of ether oxygens (including phenoxy) is 1. The summed E-state index contributed by atoms with van der Waals surface area (Å²) < 4.78 is 6.54. The van der Waals surface area contributed by atoms with E-state index in [0.717, 1.165) is 30.2 Å². The van der Waals surface area contributed by atoms with Gasteiger partial charge in [-0.2, -0.15) is 4.98 Å². The van der Waals surface area contributed by atoms with Gasteiger partial charge < -0.3 is 15.0 Å². The highest BCUT2D eigenvalue weighted by atomic mass is 16.5. The second-order valence-corrected chi connectivity index (χ2v) is 7.76. The highest BCUT2D eigenvalue weighted by Gasteiger charge is 2.18. The zero-order valence-corrected chi connectivity index (χ0v) is 17.8. The first-order chi connectivity index (χ1) is 15.0. The van der Waals surface area contributed by atoms with E-state index < -0.39 is 18.5 Å². The third-order valence-corrected chi connectivity index (χ3v) is 5.26. The largest absolute Gasteiger partial charge is 0.450 e. The molecule has 3 aromatic rings. The molecule has 1 fully saturated rings. The molecule has 9 nitrogen and oxygen atoms in total. The molecular weight excluding hydrogens is 396 g/mol. The number of nitrogens with one attached hydrogen (secondary N) is 1. The van der Waals surface area contributed by atoms with Gasteiger partial charge in [0.2, 0.25) is 0 Å². The van der Waals surface area contributed by atoms with E-state index in [1.165, 1.54) is 30.2 Å². The zero-order valence-electron chi connectivity index (χ0n) is 17.8. The Kier molecular flexibility index (Phi) is 6.11. The molecule has 0 atom stereocenters. The zero-order chi connectivity index (χ0) is 21.8. The van der Waals surface area contributed by atoms with Crippen LogP contribution in [0.1, 0.15) is 47.7 Å². The van der Waals surface area contributed by atoms with Crippen molar-refractivity contribution in [2.24, 2.45) is 0 Å². The van der Waals surface area contributed by atoms with Crippen molar-refractivity contribution in [3.8, 4) is 0 Å². The summed E-state index contributed by atoms with van der Waals surface area (Å²) in [5, 5.41) is 6.85. The summed E-state index contributed by atoms with van der Waals surface area (Å²) in [6, 6.07) is 9.57. The topological polar surface area (TPSA) is 102 Å². The van der Waals surface area contributed by atoms with E-state index >= 15 is 0 Å². The second kappa shape index (κ2) is 9.11. The molecule has 4 rings (SSSR count). The number of amides is 1. The Hall–Kier alpha value is -3.49. The van der Waals surface area contributed by atoms with Gasteiger partial charge in [0.05, 0.1) is 0 Å². The molecule has 0 aliphatic carbocycles. The summed E-state index contributed by atoms with van der Waals surface area (Å²) in [6.45, 7) is 5.38. The number of carbonyl (C=O) groups is 2. The quantitative estimate of drug-likeness (QED) is 0.631. The number of anilines is 2. The lowest BCUT2D eigenvalue weighted by atomic mass is 10.2. The van der Waals surface area contributed by atoms with Crippen LogP contribution in [0.15, 0.2) is 30.3 Å². The van der Waals surface area contributed by atoms with Crippen LogP contribution in [0.5, 0.6) is 0 Å². The summed E-state index contributed by atoms with van der Waals surface area (Å²) in [5.74, 6) is -1.01. The number of aryl methyl sites for hydroxylation is 2. The van der Waals surface area contributed by atoms with Crippen LogP contribution in [0.4, 0.5) is 11.4 Å². The van der Waals surface area contributed by atoms with Crippen LogP contribution in [0.3, 0.4) is 0 Å². The third-order valence-electron chi connectivity index (χ3n) is 5.26. The minimum atomic E-state index is -0.769. The van der Waals surface area contributed by atoms with Crippen LogP contribution in [-0.2, 0) is 9.53 Å². The maximum Gasteiger partial charge on any atom is 0.378 e. The molecule has 3 heterocycles. The van der Waals surface area contributed by atoms with Crippen molar-refractivity contribution >= 4 is 29.0 Å². The minimum Gasteiger partial charge on any atom is -0.450 e. The third kappa shape index (κ3) is 4.99. The molecule has 9 heteroatoms. The molecule has 31 heavy (non-hydrogen) atoms. The summed E-state index contributed by atoms with van der Waals surface area (Å²) in [5.41, 5.74) is 3.39. The van der Waals surface area contributed by atoms with E-state index in [0.29, 0.717) is 11.5 Å². The van der Waals surface area contributed by atoms with E-state index in [4.69, 9.17) is 4.74 Å². The predicted octanol–water partition coefficient (Wildman–Crippen LogP) is 2.92. The average Bonchev–Trinajstić information content (AvgIpc) is 2.99. The number of nitrogens with zero attached hydrogens (tertiary/aromatic N) is 5. The molecule has 1 saturated heterocycles. The number of fused-ring (bicyclic) bond motifs is 1. The average molecular weight is 422 g/mol. The van der Waals surface area contributed by atoms with E-state index in [1.54, 1.807) is 0 Å². The highest BCUT2D eigenvalue weighted by molar-refractivity contribution is 5.94. The summed E-state index contributed by atoms with van der Waals surface area (Å²) in [7, 11) is 0. The number of aromatic nitrogens is 4. The SMILES string of the molecule is Cc1cc(C)n2nc(C(=O)OCC(=O)Nc3ccc(N4CCCCCC4)cc3)nc2n1. The van der Waals surface area contributed by atoms with Crippen LogP contribution in [0, 0.1) is 13.8 Å². The molecule has 0 unspecified atom stereocenters. The summed E-state index contributed by atoms with van der Waals surface area (Å²) in [6.07, 6.45) is 4.98. The Morgan fingerprint density at radius 1 is 1.03 bits per heavy atom. The minimum absolute atomic E-state index is 0.129. The number of esters is 1. The van der Waals surface area contributed by atoms with Crippen LogP contribution in [-0.4, -0.2) is 51.2 Å². The van der Waals surface area contributed by atoms with Gasteiger partial charge in [0.25, 0.3) is 17.5 Å². The van der Waals surface area contributed by atoms with Crippen molar-refractivity contribution in [1.29, 1.82) is 0 Å². The van der Waals surface area contributed by atoms with Crippen LogP contribution >= 0.6 is 0 Å². The monoisotopic (exact) mass is 422 g/mol. The first-order valence-electron chi connectivity index (χ1n) is 10.5. The normalized spacial score (nSPS) is 14.3. The van der Waals surface area contributed by atoms with Crippen molar-refractivity contribution < 1.29 is 14.3 Å². The van der Waals surface area contributed by atoms with E-state index in [-0.39, 0.29) is 5.82 Å². The molecule has 0 bridgehead atoms. The van der Waals surface area contributed by atoms with Crippen molar-refractivity contribution in [3.05, 3.63) is 47.5 Å². The van der Waals surface area contributed by atoms with E-state index in [1.807, 2.05) is 44.2 Å². The smallest absolute Gasteiger partial charge is 0.378 e. The molecule has 1 aliphatic rings. The van der Waals surface area contributed by atoms with Crippen LogP contribution < -0.4 is 10.2 Å². The van der Waals surface area contributed by atoms with Gasteiger partial charge in [-0.05, 0) is 57.0 Å². The number of hydrogen-bond acceptors (Lipinski definition) is 7. The van der Waals surface area contributed by atoms with Crippen LogP contribution in [0.2, 0.25) is 0 Å². The second-order valence-electron chi connectivity index (χ2n) is 7.76. The lowest BCUT2D eigenvalue weighted by molar-refractivity contribution is -0.119. The Balaban J connectivity index is 1.31. The number of hydrogen-bond donors (Lipinski definition) is 1. The van der Waals surface area contributed by atoms with Gasteiger partial charge in [-0.15, -0.1) is 5.10 Å². The van der Waals surface area contributed by atoms with Gasteiger partial charge in [-0.1, -0.05) is 12.8 Å². The van der Waals surface area contributed by atoms with Crippen molar-refractivity contribution in [3.63, 3.8) is 0 Å². The Morgan fingerprint density at radius 3 is 2.45 bits per heavy atom. The molecule has 1 aliphatic heterocycles. The fraction of sp³-hybridized carbons (Fsp3) is 0.409. The Bertz CT molecular complexity index is 1080. The molecule has 1 amide bonds. The van der Waals surface area contributed by atoms with Crippen molar-refractivity contribution in [2.45, 2.75) is 39.5 Å². The van der Waals surface area contributed by atoms with Crippen molar-refractivity contribution in [2.75, 3.05) is 29.9 Å². The fourth-order valence-electron chi connectivity index (χ4n) is 3.73.